The molecule has 0 aromatic carbocycles. The molecule has 0 amide bonds. The summed E-state index contributed by atoms with van der Waals surface area (Å²) in [7, 11) is 0. The molecule has 0 saturated heterocycles. The second kappa shape index (κ2) is 5.67. The van der Waals surface area contributed by atoms with Gasteiger partial charge in [-0.2, -0.15) is 0 Å². The lowest BCUT2D eigenvalue weighted by Gasteiger charge is -2.01. The van der Waals surface area contributed by atoms with Crippen molar-refractivity contribution in [1.82, 2.24) is 0 Å². The summed E-state index contributed by atoms with van der Waals surface area (Å²) in [6.07, 6.45) is 1.90. The third-order valence-electron chi connectivity index (χ3n) is 0.907. The van der Waals surface area contributed by atoms with Gasteiger partial charge in [0.25, 0.3) is 0 Å². The average Bonchev–Trinajstić information content (AvgIpc) is 1.83. The summed E-state index contributed by atoms with van der Waals surface area (Å²) in [5.41, 5.74) is 5.24. The second-order valence-electron chi connectivity index (χ2n) is 1.66. The zero-order valence-electron chi connectivity index (χ0n) is 4.74. The lowest BCUT2D eigenvalue weighted by atomic mass is 10.2. The molecule has 0 aromatic rings. The summed E-state index contributed by atoms with van der Waals surface area (Å²) in [5.74, 6) is 0.684. The van der Waals surface area contributed by atoms with E-state index in [9.17, 15) is 0 Å². The molecular weight excluding hydrogens is 145 g/mol. The molecule has 8 heavy (non-hydrogen) atoms. The highest BCUT2D eigenvalue weighted by Crippen LogP contribution is 2.03. The van der Waals surface area contributed by atoms with Crippen molar-refractivity contribution in [3.8, 4) is 0 Å². The van der Waals surface area contributed by atoms with Gasteiger partial charge in [0.2, 0.25) is 0 Å². The van der Waals surface area contributed by atoms with E-state index >= 15 is 0 Å². The molecule has 0 spiro atoms. The highest BCUT2D eigenvalue weighted by Gasteiger charge is 1.98. The van der Waals surface area contributed by atoms with Gasteiger partial charge in [-0.25, -0.2) is 0 Å². The minimum absolute atomic E-state index is 0.119. The minimum atomic E-state index is 0.119. The molecule has 50 valence electrons. The molecule has 0 bridgehead atoms. The van der Waals surface area contributed by atoms with Crippen LogP contribution in [0.3, 0.4) is 0 Å². The largest absolute Gasteiger partial charge is 0.329 e. The van der Waals surface area contributed by atoms with Crippen LogP contribution in [0.1, 0.15) is 12.8 Å². The van der Waals surface area contributed by atoms with Crippen molar-refractivity contribution in [2.24, 2.45) is 5.73 Å². The molecule has 0 aliphatic carbocycles. The molecule has 0 rings (SSSR count). The van der Waals surface area contributed by atoms with E-state index in [2.05, 4.69) is 0 Å². The van der Waals surface area contributed by atoms with Crippen molar-refractivity contribution in [2.75, 3.05) is 12.4 Å². The Morgan fingerprint density at radius 1 is 1.50 bits per heavy atom. The van der Waals surface area contributed by atoms with Gasteiger partial charge in [0.1, 0.15) is 0 Å². The second-order valence-corrected chi connectivity index (χ2v) is 2.66. The number of alkyl halides is 2. The number of hydrogen-bond donors (Lipinski definition) is 1. The van der Waals surface area contributed by atoms with Crippen molar-refractivity contribution < 1.29 is 0 Å². The van der Waals surface area contributed by atoms with Gasteiger partial charge < -0.3 is 5.73 Å². The average molecular weight is 156 g/mol. The fraction of sp³-hybridized carbons (Fsp3) is 1.00. The monoisotopic (exact) mass is 155 g/mol. The highest BCUT2D eigenvalue weighted by atomic mass is 35.5. The maximum Gasteiger partial charge on any atom is 0.0458 e. The quantitative estimate of drug-likeness (QED) is 0.614. The third kappa shape index (κ3) is 4.69. The summed E-state index contributed by atoms with van der Waals surface area (Å²) >= 11 is 11.1. The van der Waals surface area contributed by atoms with Crippen LogP contribution in [-0.4, -0.2) is 17.8 Å². The van der Waals surface area contributed by atoms with Gasteiger partial charge in [0.05, 0.1) is 0 Å². The topological polar surface area (TPSA) is 26.0 Å². The Labute approximate surface area is 60.1 Å². The molecular formula is C5H11Cl2N. The molecule has 3 heteroatoms. The lowest BCUT2D eigenvalue weighted by Crippen LogP contribution is -2.13. The first-order chi connectivity index (χ1) is 3.81. The first-order valence-corrected chi connectivity index (χ1v) is 3.68. The van der Waals surface area contributed by atoms with Gasteiger partial charge in [-0.1, -0.05) is 0 Å². The van der Waals surface area contributed by atoms with E-state index in [4.69, 9.17) is 28.9 Å². The summed E-state index contributed by atoms with van der Waals surface area (Å²) in [4.78, 5) is 0. The number of hydrogen-bond acceptors (Lipinski definition) is 1. The van der Waals surface area contributed by atoms with Crippen LogP contribution in [0.4, 0.5) is 0 Å². The van der Waals surface area contributed by atoms with Crippen molar-refractivity contribution >= 4 is 23.2 Å². The van der Waals surface area contributed by atoms with Crippen molar-refractivity contribution in [3.05, 3.63) is 0 Å². The van der Waals surface area contributed by atoms with Crippen LogP contribution < -0.4 is 5.73 Å². The molecule has 1 atom stereocenters. The van der Waals surface area contributed by atoms with Crippen LogP contribution >= 0.6 is 23.2 Å². The van der Waals surface area contributed by atoms with Crippen LogP contribution in [0.15, 0.2) is 0 Å². The van der Waals surface area contributed by atoms with Gasteiger partial charge in [0, 0.05) is 17.8 Å². The summed E-state index contributed by atoms with van der Waals surface area (Å²) in [5, 5.41) is 0.119. The fourth-order valence-corrected chi connectivity index (χ4v) is 0.725. The summed E-state index contributed by atoms with van der Waals surface area (Å²) < 4.78 is 0. The molecule has 0 saturated carbocycles. The Kier molecular flexibility index (Phi) is 6.06. The summed E-state index contributed by atoms with van der Waals surface area (Å²) in [6, 6.07) is 0. The normalized spacial score (nSPS) is 13.9. The van der Waals surface area contributed by atoms with E-state index < -0.39 is 0 Å². The molecule has 0 aromatic heterocycles. The smallest absolute Gasteiger partial charge is 0.0458 e. The van der Waals surface area contributed by atoms with Gasteiger partial charge >= 0.3 is 0 Å². The Bertz CT molecular complexity index is 49.7. The minimum Gasteiger partial charge on any atom is -0.329 e. The molecule has 0 heterocycles. The van der Waals surface area contributed by atoms with Crippen LogP contribution in [-0.2, 0) is 0 Å². The van der Waals surface area contributed by atoms with E-state index in [0.717, 1.165) is 12.8 Å². The molecule has 0 aliphatic heterocycles. The number of rotatable bonds is 4. The van der Waals surface area contributed by atoms with Crippen LogP contribution in [0.25, 0.3) is 0 Å². The molecule has 0 unspecified atom stereocenters. The zero-order valence-corrected chi connectivity index (χ0v) is 6.25. The van der Waals surface area contributed by atoms with Crippen LogP contribution in [0, 0.1) is 0 Å². The SMILES string of the molecule is NC[C@H](Cl)CCCCl. The first kappa shape index (κ1) is 8.54. The van der Waals surface area contributed by atoms with Gasteiger partial charge in [-0.15, -0.1) is 23.2 Å². The van der Waals surface area contributed by atoms with Crippen molar-refractivity contribution in [3.63, 3.8) is 0 Å². The molecule has 2 N–H and O–H groups in total. The van der Waals surface area contributed by atoms with Crippen molar-refractivity contribution in [2.45, 2.75) is 18.2 Å². The maximum absolute atomic E-state index is 5.66. The standard InChI is InChI=1S/C5H11Cl2N/c6-3-1-2-5(7)4-8/h5H,1-4,8H2/t5-/m1/s1. The van der Waals surface area contributed by atoms with Crippen LogP contribution in [0.2, 0.25) is 0 Å². The summed E-state index contributed by atoms with van der Waals surface area (Å²) in [6.45, 7) is 0.554. The van der Waals surface area contributed by atoms with Crippen molar-refractivity contribution in [1.29, 1.82) is 0 Å². The Morgan fingerprint density at radius 2 is 2.12 bits per heavy atom. The van der Waals surface area contributed by atoms with E-state index in [1.165, 1.54) is 0 Å². The number of nitrogens with two attached hydrogens (primary N) is 1. The molecule has 0 aliphatic rings. The van der Waals surface area contributed by atoms with E-state index in [0.29, 0.717) is 12.4 Å². The Morgan fingerprint density at radius 3 is 2.50 bits per heavy atom. The predicted octanol–water partition coefficient (Wildman–Crippen LogP) is 1.57. The molecule has 0 fully saturated rings. The first-order valence-electron chi connectivity index (χ1n) is 2.71. The van der Waals surface area contributed by atoms with Gasteiger partial charge in [0.15, 0.2) is 0 Å². The van der Waals surface area contributed by atoms with E-state index in [1.807, 2.05) is 0 Å². The Balaban J connectivity index is 2.86. The molecule has 0 radical (unpaired) electrons. The Hall–Kier alpha value is 0.540. The highest BCUT2D eigenvalue weighted by molar-refractivity contribution is 6.21. The zero-order chi connectivity index (χ0) is 6.41. The van der Waals surface area contributed by atoms with E-state index in [1.54, 1.807) is 0 Å². The predicted molar refractivity (Wildman–Crippen MR) is 38.6 cm³/mol. The third-order valence-corrected chi connectivity index (χ3v) is 1.57. The van der Waals surface area contributed by atoms with Gasteiger partial charge in [-0.3, -0.25) is 0 Å². The lowest BCUT2D eigenvalue weighted by molar-refractivity contribution is 0.739. The van der Waals surface area contributed by atoms with Crippen LogP contribution in [0.5, 0.6) is 0 Å². The maximum atomic E-state index is 5.66. The van der Waals surface area contributed by atoms with E-state index in [-0.39, 0.29) is 5.38 Å². The fourth-order valence-electron chi connectivity index (χ4n) is 0.416. The van der Waals surface area contributed by atoms with Gasteiger partial charge in [-0.05, 0) is 12.8 Å². The number of halogens is 2. The molecule has 1 nitrogen and oxygen atoms in total.